The van der Waals surface area contributed by atoms with Gasteiger partial charge in [0.25, 0.3) is 5.91 Å². The zero-order chi connectivity index (χ0) is 19.5. The van der Waals surface area contributed by atoms with Crippen molar-refractivity contribution >= 4 is 46.4 Å². The minimum atomic E-state index is -0.350. The van der Waals surface area contributed by atoms with Gasteiger partial charge < -0.3 is 14.8 Å². The molecular formula is C19H20Cl3NO3. The van der Waals surface area contributed by atoms with E-state index in [1.165, 1.54) is 12.1 Å². The fraction of sp³-hybridized carbons (Fsp3) is 0.316. The van der Waals surface area contributed by atoms with E-state index < -0.39 is 0 Å². The summed E-state index contributed by atoms with van der Waals surface area (Å²) in [6.07, 6.45) is 0. The molecule has 0 bridgehead atoms. The molecule has 2 aromatic carbocycles. The number of rotatable bonds is 5. The van der Waals surface area contributed by atoms with Gasteiger partial charge in [-0.3, -0.25) is 4.79 Å². The summed E-state index contributed by atoms with van der Waals surface area (Å²) in [5.74, 6) is 0.502. The lowest BCUT2D eigenvalue weighted by Crippen LogP contribution is -2.21. The van der Waals surface area contributed by atoms with Crippen LogP contribution in [-0.4, -0.2) is 19.6 Å². The lowest BCUT2D eigenvalue weighted by atomic mass is 9.87. The average molecular weight is 417 g/mol. The van der Waals surface area contributed by atoms with Crippen molar-refractivity contribution in [1.82, 2.24) is 0 Å². The summed E-state index contributed by atoms with van der Waals surface area (Å²) in [6, 6.07) is 8.63. The highest BCUT2D eigenvalue weighted by atomic mass is 35.5. The number of anilines is 1. The maximum absolute atomic E-state index is 12.3. The highest BCUT2D eigenvalue weighted by molar-refractivity contribution is 6.43. The Kier molecular flexibility index (Phi) is 6.67. The first-order chi connectivity index (χ1) is 12.1. The van der Waals surface area contributed by atoms with E-state index in [0.29, 0.717) is 21.5 Å². The largest absolute Gasteiger partial charge is 0.495 e. The molecule has 0 aliphatic heterocycles. The van der Waals surface area contributed by atoms with Crippen molar-refractivity contribution in [3.05, 3.63) is 51.0 Å². The smallest absolute Gasteiger partial charge is 0.262 e. The lowest BCUT2D eigenvalue weighted by molar-refractivity contribution is -0.118. The molecule has 0 fully saturated rings. The average Bonchev–Trinajstić information content (AvgIpc) is 2.56. The van der Waals surface area contributed by atoms with E-state index in [1.807, 2.05) is 18.2 Å². The van der Waals surface area contributed by atoms with Gasteiger partial charge in [0.15, 0.2) is 6.61 Å². The second-order valence-corrected chi connectivity index (χ2v) is 7.92. The molecule has 1 N–H and O–H groups in total. The van der Waals surface area contributed by atoms with Crippen LogP contribution in [0.5, 0.6) is 11.5 Å². The van der Waals surface area contributed by atoms with Crippen LogP contribution in [0.25, 0.3) is 0 Å². The molecule has 140 valence electrons. The molecule has 0 heterocycles. The molecule has 2 rings (SSSR count). The van der Waals surface area contributed by atoms with E-state index in [0.717, 1.165) is 5.56 Å². The van der Waals surface area contributed by atoms with Crippen LogP contribution in [0.1, 0.15) is 26.3 Å². The van der Waals surface area contributed by atoms with E-state index >= 15 is 0 Å². The molecule has 2 aromatic rings. The maximum atomic E-state index is 12.3. The Labute approximate surface area is 168 Å². The Balaban J connectivity index is 2.11. The van der Waals surface area contributed by atoms with Gasteiger partial charge in [0, 0.05) is 6.07 Å². The number of hydrogen-bond donors (Lipinski definition) is 1. The zero-order valence-corrected chi connectivity index (χ0v) is 17.2. The summed E-state index contributed by atoms with van der Waals surface area (Å²) in [5, 5.41) is 3.69. The third kappa shape index (κ3) is 5.19. The Hall–Kier alpha value is -1.62. The monoisotopic (exact) mass is 415 g/mol. The van der Waals surface area contributed by atoms with Gasteiger partial charge in [-0.05, 0) is 29.2 Å². The molecule has 0 spiro atoms. The van der Waals surface area contributed by atoms with E-state index in [2.05, 4.69) is 26.1 Å². The first-order valence-electron chi connectivity index (χ1n) is 7.87. The standard InChI is InChI=1S/C19H20Cl3NO3/c1-19(2,3)11-5-6-16(25-4)15(7-11)23-18(24)10-26-17-9-13(21)12(20)8-14(17)22/h5-9H,10H2,1-4H3,(H,23,24). The highest BCUT2D eigenvalue weighted by Gasteiger charge is 2.17. The Morgan fingerprint density at radius 3 is 2.27 bits per heavy atom. The molecule has 0 atom stereocenters. The van der Waals surface area contributed by atoms with Gasteiger partial charge in [-0.2, -0.15) is 0 Å². The fourth-order valence-electron chi connectivity index (χ4n) is 2.22. The van der Waals surface area contributed by atoms with Gasteiger partial charge in [-0.1, -0.05) is 61.6 Å². The second-order valence-electron chi connectivity index (χ2n) is 6.70. The van der Waals surface area contributed by atoms with Crippen molar-refractivity contribution in [3.8, 4) is 11.5 Å². The van der Waals surface area contributed by atoms with Crippen LogP contribution in [0.3, 0.4) is 0 Å². The van der Waals surface area contributed by atoms with Crippen LogP contribution >= 0.6 is 34.8 Å². The summed E-state index contributed by atoms with van der Waals surface area (Å²) in [7, 11) is 1.55. The maximum Gasteiger partial charge on any atom is 0.262 e. The van der Waals surface area contributed by atoms with E-state index in [9.17, 15) is 4.79 Å². The van der Waals surface area contributed by atoms with Crippen LogP contribution in [0.15, 0.2) is 30.3 Å². The van der Waals surface area contributed by atoms with E-state index in [4.69, 9.17) is 44.3 Å². The van der Waals surface area contributed by atoms with E-state index in [1.54, 1.807) is 7.11 Å². The molecule has 7 heteroatoms. The van der Waals surface area contributed by atoms with Gasteiger partial charge in [0.2, 0.25) is 0 Å². The number of carbonyl (C=O) groups is 1. The van der Waals surface area contributed by atoms with Crippen molar-refractivity contribution in [1.29, 1.82) is 0 Å². The summed E-state index contributed by atoms with van der Waals surface area (Å²) in [5.41, 5.74) is 1.59. The van der Waals surface area contributed by atoms with Gasteiger partial charge >= 0.3 is 0 Å². The molecule has 0 radical (unpaired) electrons. The summed E-state index contributed by atoms with van der Waals surface area (Å²) in [4.78, 5) is 12.3. The third-order valence-corrected chi connectivity index (χ3v) is 4.69. The second kappa shape index (κ2) is 8.38. The number of ether oxygens (including phenoxy) is 2. The fourth-order valence-corrected chi connectivity index (χ4v) is 2.81. The van der Waals surface area contributed by atoms with Crippen LogP contribution in [0.2, 0.25) is 15.1 Å². The summed E-state index contributed by atoms with van der Waals surface area (Å²) in [6.45, 7) is 6.04. The number of methoxy groups -OCH3 is 1. The topological polar surface area (TPSA) is 47.6 Å². The quantitative estimate of drug-likeness (QED) is 0.611. The number of hydrogen-bond acceptors (Lipinski definition) is 3. The molecule has 0 saturated heterocycles. The van der Waals surface area contributed by atoms with Crippen LogP contribution in [-0.2, 0) is 10.2 Å². The first kappa shape index (κ1) is 20.7. The number of amides is 1. The lowest BCUT2D eigenvalue weighted by Gasteiger charge is -2.21. The first-order valence-corrected chi connectivity index (χ1v) is 9.01. The number of benzene rings is 2. The normalized spacial score (nSPS) is 11.2. The molecule has 0 unspecified atom stereocenters. The number of carbonyl (C=O) groups excluding carboxylic acids is 1. The summed E-state index contributed by atoms with van der Waals surface area (Å²) >= 11 is 17.9. The predicted molar refractivity (Wildman–Crippen MR) is 107 cm³/mol. The van der Waals surface area contributed by atoms with Gasteiger partial charge in [0.05, 0.1) is 27.9 Å². The Bertz CT molecular complexity index is 816. The zero-order valence-electron chi connectivity index (χ0n) is 15.0. The van der Waals surface area contributed by atoms with Crippen molar-refractivity contribution in [2.75, 3.05) is 19.0 Å². The van der Waals surface area contributed by atoms with Crippen LogP contribution in [0, 0.1) is 0 Å². The molecular weight excluding hydrogens is 397 g/mol. The number of halogens is 3. The molecule has 26 heavy (non-hydrogen) atoms. The molecule has 0 aliphatic rings. The minimum Gasteiger partial charge on any atom is -0.495 e. The van der Waals surface area contributed by atoms with Crippen molar-refractivity contribution in [2.24, 2.45) is 0 Å². The highest BCUT2D eigenvalue weighted by Crippen LogP contribution is 2.34. The molecule has 0 aliphatic carbocycles. The third-order valence-electron chi connectivity index (χ3n) is 3.67. The Morgan fingerprint density at radius 2 is 1.65 bits per heavy atom. The van der Waals surface area contributed by atoms with Gasteiger partial charge in [-0.15, -0.1) is 0 Å². The van der Waals surface area contributed by atoms with Crippen LogP contribution in [0.4, 0.5) is 5.69 Å². The van der Waals surface area contributed by atoms with Gasteiger partial charge in [-0.25, -0.2) is 0 Å². The molecule has 0 saturated carbocycles. The minimum absolute atomic E-state index is 0.0597. The van der Waals surface area contributed by atoms with E-state index in [-0.39, 0.29) is 28.7 Å². The van der Waals surface area contributed by atoms with Crippen molar-refractivity contribution in [2.45, 2.75) is 26.2 Å². The van der Waals surface area contributed by atoms with Gasteiger partial charge in [0.1, 0.15) is 11.5 Å². The van der Waals surface area contributed by atoms with Crippen LogP contribution < -0.4 is 14.8 Å². The molecule has 4 nitrogen and oxygen atoms in total. The summed E-state index contributed by atoms with van der Waals surface area (Å²) < 4.78 is 10.8. The molecule has 1 amide bonds. The van der Waals surface area contributed by atoms with Crippen molar-refractivity contribution in [3.63, 3.8) is 0 Å². The SMILES string of the molecule is COc1ccc(C(C)(C)C)cc1NC(=O)COc1cc(Cl)c(Cl)cc1Cl. The number of nitrogens with one attached hydrogen (secondary N) is 1. The van der Waals surface area contributed by atoms with Crippen molar-refractivity contribution < 1.29 is 14.3 Å². The molecule has 0 aromatic heterocycles. The predicted octanol–water partition coefficient (Wildman–Crippen LogP) is 5.97. The Morgan fingerprint density at radius 1 is 1.00 bits per heavy atom.